The molecular weight excluding hydrogens is 543 g/mol. The highest BCUT2D eigenvalue weighted by Crippen LogP contribution is 2.53. The maximum Gasteiger partial charge on any atom is 0.416 e. The first-order chi connectivity index (χ1) is 19.9. The minimum absolute atomic E-state index is 0.126. The predicted molar refractivity (Wildman–Crippen MR) is 156 cm³/mol. The Morgan fingerprint density at radius 2 is 1.71 bits per heavy atom. The smallest absolute Gasteiger partial charge is 0.416 e. The third kappa shape index (κ3) is 5.56. The Hall–Kier alpha value is -4.02. The van der Waals surface area contributed by atoms with Crippen LogP contribution in [0.5, 0.6) is 5.75 Å². The molecule has 3 aromatic rings. The standard InChI is InChI=1S/C32H36F3N5O2/c1-21-16-31(17-29(27(36)20-38(2)37)39(21)18-22-7-5-4-6-8-22)26-14-11-24(32(33,34)35)15-28(26)40(30(31)41)19-23-9-12-25(42-3)13-10-23/h4-15,20-21,29H,16-19,36-37H2,1-3H3/b27-20-. The summed E-state index contributed by atoms with van der Waals surface area (Å²) in [4.78, 5) is 18.3. The molecule has 1 saturated heterocycles. The number of halogens is 3. The van der Waals surface area contributed by atoms with E-state index in [1.807, 2.05) is 49.4 Å². The topological polar surface area (TPSA) is 88.1 Å². The highest BCUT2D eigenvalue weighted by atomic mass is 19.4. The van der Waals surface area contributed by atoms with Crippen molar-refractivity contribution in [2.75, 3.05) is 19.1 Å². The van der Waals surface area contributed by atoms with Crippen LogP contribution in [0, 0.1) is 0 Å². The van der Waals surface area contributed by atoms with Crippen molar-refractivity contribution in [3.8, 4) is 5.75 Å². The summed E-state index contributed by atoms with van der Waals surface area (Å²) >= 11 is 0. The van der Waals surface area contributed by atoms with Gasteiger partial charge < -0.3 is 20.4 Å². The number of alkyl halides is 3. The lowest BCUT2D eigenvalue weighted by atomic mass is 9.68. The minimum Gasteiger partial charge on any atom is -0.497 e. The maximum absolute atomic E-state index is 14.5. The summed E-state index contributed by atoms with van der Waals surface area (Å²) in [5.41, 5.74) is 8.03. The van der Waals surface area contributed by atoms with Gasteiger partial charge in [0.2, 0.25) is 5.91 Å². The molecule has 10 heteroatoms. The van der Waals surface area contributed by atoms with Gasteiger partial charge in [0.15, 0.2) is 0 Å². The van der Waals surface area contributed by atoms with Crippen LogP contribution in [0.15, 0.2) is 84.7 Å². The summed E-state index contributed by atoms with van der Waals surface area (Å²) in [7, 11) is 3.23. The van der Waals surface area contributed by atoms with Crippen LogP contribution < -0.4 is 21.2 Å². The van der Waals surface area contributed by atoms with Gasteiger partial charge in [0.05, 0.1) is 30.7 Å². The number of methoxy groups -OCH3 is 1. The molecule has 0 bridgehead atoms. The molecule has 42 heavy (non-hydrogen) atoms. The second-order valence-electron chi connectivity index (χ2n) is 11.3. The van der Waals surface area contributed by atoms with E-state index >= 15 is 0 Å². The van der Waals surface area contributed by atoms with E-state index in [-0.39, 0.29) is 30.2 Å². The molecule has 7 nitrogen and oxygen atoms in total. The molecule has 1 fully saturated rings. The van der Waals surface area contributed by atoms with Gasteiger partial charge in [0.25, 0.3) is 0 Å². The predicted octanol–water partition coefficient (Wildman–Crippen LogP) is 5.16. The molecule has 1 spiro atoms. The normalized spacial score (nSPS) is 22.9. The number of carbonyl (C=O) groups excluding carboxylic acids is 1. The zero-order valence-corrected chi connectivity index (χ0v) is 23.9. The summed E-state index contributed by atoms with van der Waals surface area (Å²) in [5, 5.41) is 1.37. The Morgan fingerprint density at radius 3 is 2.33 bits per heavy atom. The number of hydrogen-bond donors (Lipinski definition) is 2. The highest BCUT2D eigenvalue weighted by molar-refractivity contribution is 6.08. The number of ether oxygens (including phenoxy) is 1. The summed E-state index contributed by atoms with van der Waals surface area (Å²) < 4.78 is 46.9. The average molecular weight is 580 g/mol. The Balaban J connectivity index is 1.59. The van der Waals surface area contributed by atoms with Crippen LogP contribution in [0.2, 0.25) is 0 Å². The zero-order valence-electron chi connectivity index (χ0n) is 23.9. The summed E-state index contributed by atoms with van der Waals surface area (Å²) in [5.74, 6) is 6.36. The number of hydrogen-bond acceptors (Lipinski definition) is 6. The van der Waals surface area contributed by atoms with Gasteiger partial charge in [0, 0.05) is 37.2 Å². The van der Waals surface area contributed by atoms with Crippen LogP contribution in [-0.2, 0) is 29.5 Å². The summed E-state index contributed by atoms with van der Waals surface area (Å²) in [6, 6.07) is 20.3. The molecule has 3 atom stereocenters. The van der Waals surface area contributed by atoms with Gasteiger partial charge in [-0.25, -0.2) is 5.84 Å². The molecule has 4 N–H and O–H groups in total. The van der Waals surface area contributed by atoms with Gasteiger partial charge in [-0.15, -0.1) is 0 Å². The van der Waals surface area contributed by atoms with Gasteiger partial charge >= 0.3 is 6.18 Å². The van der Waals surface area contributed by atoms with Gasteiger partial charge in [-0.2, -0.15) is 13.2 Å². The number of anilines is 1. The van der Waals surface area contributed by atoms with E-state index in [9.17, 15) is 18.0 Å². The Labute approximate surface area is 244 Å². The lowest BCUT2D eigenvalue weighted by molar-refractivity contribution is -0.137. The molecule has 3 unspecified atom stereocenters. The molecule has 0 radical (unpaired) electrons. The molecule has 0 saturated carbocycles. The number of likely N-dealkylation sites (tertiary alicyclic amines) is 1. The molecule has 0 aromatic heterocycles. The van der Waals surface area contributed by atoms with Crippen LogP contribution in [-0.4, -0.2) is 42.1 Å². The fourth-order valence-electron chi connectivity index (χ4n) is 6.43. The first-order valence-electron chi connectivity index (χ1n) is 13.8. The quantitative estimate of drug-likeness (QED) is 0.297. The minimum atomic E-state index is -4.55. The van der Waals surface area contributed by atoms with E-state index in [0.717, 1.165) is 23.3 Å². The van der Waals surface area contributed by atoms with Crippen molar-refractivity contribution in [2.45, 2.75) is 56.5 Å². The number of nitrogens with zero attached hydrogens (tertiary/aromatic N) is 3. The highest BCUT2D eigenvalue weighted by Gasteiger charge is 2.56. The lowest BCUT2D eigenvalue weighted by Gasteiger charge is -2.48. The lowest BCUT2D eigenvalue weighted by Crippen LogP contribution is -2.57. The van der Waals surface area contributed by atoms with Gasteiger partial charge in [0.1, 0.15) is 5.75 Å². The van der Waals surface area contributed by atoms with Crippen molar-refractivity contribution in [3.05, 3.63) is 107 Å². The van der Waals surface area contributed by atoms with E-state index in [1.165, 1.54) is 16.0 Å². The number of piperidine rings is 1. The van der Waals surface area contributed by atoms with Crippen LogP contribution in [0.25, 0.3) is 0 Å². The molecule has 0 aliphatic carbocycles. The molecule has 2 heterocycles. The van der Waals surface area contributed by atoms with Crippen molar-refractivity contribution in [3.63, 3.8) is 0 Å². The third-order valence-electron chi connectivity index (χ3n) is 8.38. The van der Waals surface area contributed by atoms with Crippen LogP contribution >= 0.6 is 0 Å². The fourth-order valence-corrected chi connectivity index (χ4v) is 6.43. The molecule has 2 aliphatic rings. The summed E-state index contributed by atoms with van der Waals surface area (Å²) in [6.45, 7) is 2.76. The molecule has 3 aromatic carbocycles. The average Bonchev–Trinajstić information content (AvgIpc) is 3.16. The molecule has 5 rings (SSSR count). The van der Waals surface area contributed by atoms with Gasteiger partial charge in [-0.05, 0) is 60.7 Å². The van der Waals surface area contributed by atoms with E-state index in [4.69, 9.17) is 16.3 Å². The van der Waals surface area contributed by atoms with Crippen molar-refractivity contribution < 1.29 is 22.7 Å². The Bertz CT molecular complexity index is 1460. The number of fused-ring (bicyclic) bond motifs is 2. The maximum atomic E-state index is 14.5. The number of benzene rings is 3. The SMILES string of the molecule is COc1ccc(CN2C(=O)C3(CC(C)N(Cc4ccccc4)C(/C(N)=C/N(C)N)C3)c3ccc(C(F)(F)F)cc32)cc1. The zero-order chi connectivity index (χ0) is 30.2. The van der Waals surface area contributed by atoms with Crippen molar-refractivity contribution in [1.29, 1.82) is 0 Å². The van der Waals surface area contributed by atoms with Crippen LogP contribution in [0.3, 0.4) is 0 Å². The third-order valence-corrected chi connectivity index (χ3v) is 8.38. The first-order valence-corrected chi connectivity index (χ1v) is 13.8. The number of rotatable bonds is 7. The Morgan fingerprint density at radius 1 is 1.05 bits per heavy atom. The molecule has 2 aliphatic heterocycles. The summed E-state index contributed by atoms with van der Waals surface area (Å²) in [6.07, 6.45) is -2.18. The number of amides is 1. The van der Waals surface area contributed by atoms with E-state index in [0.29, 0.717) is 36.4 Å². The van der Waals surface area contributed by atoms with Crippen LogP contribution in [0.1, 0.15) is 42.0 Å². The number of carbonyl (C=O) groups is 1. The van der Waals surface area contributed by atoms with Gasteiger partial charge in [-0.1, -0.05) is 48.5 Å². The first kappa shape index (κ1) is 29.5. The second-order valence-corrected chi connectivity index (χ2v) is 11.3. The van der Waals surface area contributed by atoms with E-state index < -0.39 is 17.2 Å². The molecular formula is C32H36F3N5O2. The second kappa shape index (κ2) is 11.3. The Kier molecular flexibility index (Phi) is 7.96. The van der Waals surface area contributed by atoms with Gasteiger partial charge in [-0.3, -0.25) is 9.69 Å². The van der Waals surface area contributed by atoms with E-state index in [2.05, 4.69) is 4.90 Å². The number of hydrazine groups is 1. The van der Waals surface area contributed by atoms with Crippen molar-refractivity contribution in [2.24, 2.45) is 11.6 Å². The molecule has 222 valence electrons. The van der Waals surface area contributed by atoms with Crippen molar-refractivity contribution >= 4 is 11.6 Å². The monoisotopic (exact) mass is 579 g/mol. The van der Waals surface area contributed by atoms with E-state index in [1.54, 1.807) is 32.5 Å². The van der Waals surface area contributed by atoms with Crippen molar-refractivity contribution in [1.82, 2.24) is 9.91 Å². The molecule has 1 amide bonds. The van der Waals surface area contributed by atoms with Crippen LogP contribution in [0.4, 0.5) is 18.9 Å². The fraction of sp³-hybridized carbons (Fsp3) is 0.344. The largest absolute Gasteiger partial charge is 0.497 e. The number of nitrogens with two attached hydrogens (primary N) is 2.